The van der Waals surface area contributed by atoms with Crippen LogP contribution in [0.1, 0.15) is 63.7 Å². The summed E-state index contributed by atoms with van der Waals surface area (Å²) in [5.74, 6) is 0.891. The lowest BCUT2D eigenvalue weighted by Crippen LogP contribution is -2.31. The number of benzene rings is 1. The van der Waals surface area contributed by atoms with E-state index in [2.05, 4.69) is 37.1 Å². The highest BCUT2D eigenvalue weighted by Gasteiger charge is 2.34. The summed E-state index contributed by atoms with van der Waals surface area (Å²) in [6.45, 7) is 4.60. The van der Waals surface area contributed by atoms with Crippen molar-refractivity contribution in [1.82, 2.24) is 30.3 Å². The molecule has 0 radical (unpaired) electrons. The average molecular weight is 545 g/mol. The number of piperidine rings is 1. The zero-order chi connectivity index (χ0) is 26.9. The van der Waals surface area contributed by atoms with Crippen molar-refractivity contribution in [3.05, 3.63) is 74.6 Å². The van der Waals surface area contributed by atoms with Crippen molar-refractivity contribution in [1.29, 1.82) is 0 Å². The Balaban J connectivity index is 1.18. The van der Waals surface area contributed by atoms with E-state index in [4.69, 9.17) is 10.7 Å². The van der Waals surface area contributed by atoms with Crippen LogP contribution in [0.15, 0.2) is 40.8 Å². The first kappa shape index (κ1) is 26.4. The molecule has 1 unspecified atom stereocenters. The van der Waals surface area contributed by atoms with E-state index >= 15 is 0 Å². The van der Waals surface area contributed by atoms with Crippen molar-refractivity contribution in [2.45, 2.75) is 51.1 Å². The van der Waals surface area contributed by atoms with E-state index < -0.39 is 11.9 Å². The van der Waals surface area contributed by atoms with Crippen LogP contribution in [0.4, 0.5) is 13.2 Å². The van der Waals surface area contributed by atoms with E-state index in [0.29, 0.717) is 30.5 Å². The first-order valence-electron chi connectivity index (χ1n) is 12.5. The Kier molecular flexibility index (Phi) is 7.55. The number of likely N-dealkylation sites (tertiary alicyclic amines) is 1. The van der Waals surface area contributed by atoms with Gasteiger partial charge in [0.15, 0.2) is 5.69 Å². The third-order valence-corrected chi connectivity index (χ3v) is 8.14. The Morgan fingerprint density at radius 2 is 1.95 bits per heavy atom. The summed E-state index contributed by atoms with van der Waals surface area (Å²) in [6, 6.07) is 7.17. The highest BCUT2D eigenvalue weighted by Crippen LogP contribution is 2.32. The van der Waals surface area contributed by atoms with Crippen LogP contribution in [0.2, 0.25) is 0 Å². The van der Waals surface area contributed by atoms with Gasteiger partial charge in [0.25, 0.3) is 0 Å². The number of amidine groups is 1. The molecule has 12 heteroatoms. The summed E-state index contributed by atoms with van der Waals surface area (Å²) in [7, 11) is 1.70. The Hall–Kier alpha value is -3.22. The number of fused-ring (bicyclic) bond motifs is 1. The maximum atomic E-state index is 12.9. The largest absolute Gasteiger partial charge is 0.435 e. The second kappa shape index (κ2) is 10.9. The molecule has 1 saturated heterocycles. The number of nitrogens with one attached hydrogen (secondary N) is 2. The Labute approximate surface area is 223 Å². The van der Waals surface area contributed by atoms with Gasteiger partial charge in [-0.2, -0.15) is 18.3 Å². The van der Waals surface area contributed by atoms with E-state index in [1.54, 1.807) is 31.5 Å². The molecule has 2 aliphatic heterocycles. The molecule has 3 aromatic rings. The highest BCUT2D eigenvalue weighted by atomic mass is 32.1. The minimum Gasteiger partial charge on any atom is -0.384 e. The molecule has 202 valence electrons. The molecule has 0 saturated carbocycles. The molecule has 0 bridgehead atoms. The molecule has 4 N–H and O–H groups in total. The molecule has 2 aliphatic rings. The van der Waals surface area contributed by atoms with Gasteiger partial charge in [-0.1, -0.05) is 18.2 Å². The fourth-order valence-corrected chi connectivity index (χ4v) is 5.93. The summed E-state index contributed by atoms with van der Waals surface area (Å²) in [5.41, 5.74) is 9.98. The van der Waals surface area contributed by atoms with E-state index in [1.165, 1.54) is 10.2 Å². The van der Waals surface area contributed by atoms with Crippen LogP contribution >= 0.6 is 11.3 Å². The van der Waals surface area contributed by atoms with Crippen LogP contribution in [0.5, 0.6) is 0 Å². The number of alkyl halides is 3. The van der Waals surface area contributed by atoms with Gasteiger partial charge in [0, 0.05) is 68.2 Å². The molecular weight excluding hydrogens is 513 g/mol. The van der Waals surface area contributed by atoms with Crippen molar-refractivity contribution in [3.8, 4) is 0 Å². The molecule has 0 aliphatic carbocycles. The maximum absolute atomic E-state index is 12.9. The minimum absolute atomic E-state index is 0.0676. The third kappa shape index (κ3) is 5.62. The lowest BCUT2D eigenvalue weighted by atomic mass is 9.98. The summed E-state index contributed by atoms with van der Waals surface area (Å²) in [5, 5.41) is 14.0. The number of thiazole rings is 1. The summed E-state index contributed by atoms with van der Waals surface area (Å²) < 4.78 is 40.0. The third-order valence-electron chi connectivity index (χ3n) is 7.12. The van der Waals surface area contributed by atoms with Gasteiger partial charge in [0.1, 0.15) is 12.0 Å². The van der Waals surface area contributed by atoms with Crippen molar-refractivity contribution < 1.29 is 13.2 Å². The number of hydrogen-bond acceptors (Lipinski definition) is 7. The molecule has 4 heterocycles. The number of nitrogens with two attached hydrogens (primary N) is 1. The van der Waals surface area contributed by atoms with Gasteiger partial charge < -0.3 is 10.6 Å². The lowest BCUT2D eigenvalue weighted by Gasteiger charge is -2.30. The molecule has 2 aromatic heterocycles. The topological polar surface area (TPSA) is 96.4 Å². The molecule has 0 amide bonds. The van der Waals surface area contributed by atoms with Crippen LogP contribution in [0.3, 0.4) is 0 Å². The molecule has 5 rings (SSSR count). The number of aliphatic imine (C=N–C) groups is 1. The number of nitrogens with zero attached hydrogens (tertiary/aromatic N) is 5. The quantitative estimate of drug-likeness (QED) is 0.329. The number of rotatable bonds is 5. The van der Waals surface area contributed by atoms with Crippen LogP contribution < -0.4 is 16.4 Å². The van der Waals surface area contributed by atoms with Gasteiger partial charge in [0.05, 0.1) is 10.7 Å². The zero-order valence-electron chi connectivity index (χ0n) is 21.3. The monoisotopic (exact) mass is 544 g/mol. The molecule has 38 heavy (non-hydrogen) atoms. The molecule has 1 atom stereocenters. The Morgan fingerprint density at radius 3 is 2.66 bits per heavy atom. The Bertz CT molecular complexity index is 1330. The van der Waals surface area contributed by atoms with Crippen LogP contribution in [0, 0.1) is 6.92 Å². The highest BCUT2D eigenvalue weighted by molar-refractivity contribution is 7.09. The SMILES string of the molecule is CN=C(N)c1cccc2c1CNC(c1csc(C3CCN(C=Cn4nc(C(F)(F)F)cc4C)CC3)n1)NC2. The number of aryl methyl sites for hydroxylation is 1. The molecular formula is C26H31F3N8S. The van der Waals surface area contributed by atoms with E-state index in [1.807, 2.05) is 18.3 Å². The molecule has 0 spiro atoms. The normalized spacial score (nSPS) is 19.7. The van der Waals surface area contributed by atoms with E-state index in [-0.39, 0.29) is 6.17 Å². The Morgan fingerprint density at radius 1 is 1.18 bits per heavy atom. The molecule has 1 aromatic carbocycles. The number of halogens is 3. The standard InChI is InChI=1S/C26H31F3N8S/c1-16-12-22(26(27,28)29)35-37(16)11-10-36-8-6-17(7-9-36)25-34-21(15-38-25)24-32-13-18-4-3-5-19(23(30)31-2)20(18)14-33-24/h3-5,10-12,15,17,24,32-33H,6-9,13-14H2,1-2H3,(H2,30,31). The van der Waals surface area contributed by atoms with Gasteiger partial charge >= 0.3 is 6.18 Å². The summed E-state index contributed by atoms with van der Waals surface area (Å²) >= 11 is 1.68. The smallest absolute Gasteiger partial charge is 0.384 e. The summed E-state index contributed by atoms with van der Waals surface area (Å²) in [6.07, 6.45) is 0.769. The maximum Gasteiger partial charge on any atom is 0.435 e. The van der Waals surface area contributed by atoms with Crippen molar-refractivity contribution >= 4 is 23.4 Å². The van der Waals surface area contributed by atoms with Gasteiger partial charge in [-0.25, -0.2) is 9.67 Å². The lowest BCUT2D eigenvalue weighted by molar-refractivity contribution is -0.141. The van der Waals surface area contributed by atoms with Crippen molar-refractivity contribution in [2.24, 2.45) is 10.7 Å². The molecule has 8 nitrogen and oxygen atoms in total. The zero-order valence-corrected chi connectivity index (χ0v) is 22.1. The molecule has 1 fully saturated rings. The fourth-order valence-electron chi connectivity index (χ4n) is 4.92. The fraction of sp³-hybridized carbons (Fsp3) is 0.423. The van der Waals surface area contributed by atoms with Gasteiger partial charge in [0.2, 0.25) is 0 Å². The van der Waals surface area contributed by atoms with Crippen LogP contribution in [-0.4, -0.2) is 45.6 Å². The first-order valence-corrected chi connectivity index (χ1v) is 13.4. The number of aromatic nitrogens is 3. The second-order valence-electron chi connectivity index (χ2n) is 9.58. The van der Waals surface area contributed by atoms with E-state index in [9.17, 15) is 13.2 Å². The van der Waals surface area contributed by atoms with E-state index in [0.717, 1.165) is 53.8 Å². The first-order chi connectivity index (χ1) is 18.2. The van der Waals surface area contributed by atoms with Gasteiger partial charge in [-0.15, -0.1) is 11.3 Å². The van der Waals surface area contributed by atoms with Crippen molar-refractivity contribution in [3.63, 3.8) is 0 Å². The predicted octanol–water partition coefficient (Wildman–Crippen LogP) is 4.20. The van der Waals surface area contributed by atoms with Gasteiger partial charge in [-0.05, 0) is 37.0 Å². The number of hydrogen-bond donors (Lipinski definition) is 3. The second-order valence-corrected chi connectivity index (χ2v) is 10.5. The van der Waals surface area contributed by atoms with Crippen LogP contribution in [0.25, 0.3) is 6.20 Å². The van der Waals surface area contributed by atoms with Gasteiger partial charge in [-0.3, -0.25) is 15.6 Å². The van der Waals surface area contributed by atoms with Crippen molar-refractivity contribution in [2.75, 3.05) is 20.1 Å². The predicted molar refractivity (Wildman–Crippen MR) is 142 cm³/mol. The van der Waals surface area contributed by atoms with Crippen LogP contribution in [-0.2, 0) is 19.3 Å². The minimum atomic E-state index is -4.44. The average Bonchev–Trinajstić information content (AvgIpc) is 3.48. The summed E-state index contributed by atoms with van der Waals surface area (Å²) in [4.78, 5) is 11.3.